The Morgan fingerprint density at radius 2 is 2.04 bits per heavy atom. The Labute approximate surface area is 188 Å². The molecule has 0 aliphatic rings. The molecule has 2 N–H and O–H groups in total. The zero-order valence-corrected chi connectivity index (χ0v) is 20.5. The summed E-state index contributed by atoms with van der Waals surface area (Å²) < 4.78 is 10.8. The van der Waals surface area contributed by atoms with E-state index in [1.807, 2.05) is 19.1 Å². The Morgan fingerprint density at radius 1 is 1.25 bits per heavy atom. The molecule has 1 aromatic rings. The third-order valence-corrected chi connectivity index (χ3v) is 4.55. The Bertz CT molecular complexity index is 479. The van der Waals surface area contributed by atoms with E-state index in [-0.39, 0.29) is 24.0 Å². The predicted molar refractivity (Wildman–Crippen MR) is 129 cm³/mol. The minimum Gasteiger partial charge on any atom is -0.469 e. The number of hydrogen-bond donors (Lipinski definition) is 2. The van der Waals surface area contributed by atoms with Gasteiger partial charge in [0, 0.05) is 38.8 Å². The van der Waals surface area contributed by atoms with Gasteiger partial charge < -0.3 is 24.7 Å². The molecule has 0 amide bonds. The molecule has 164 valence electrons. The van der Waals surface area contributed by atoms with Gasteiger partial charge in [0.05, 0.1) is 6.26 Å². The second-order valence-electron chi connectivity index (χ2n) is 6.75. The summed E-state index contributed by atoms with van der Waals surface area (Å²) in [5, 5.41) is 6.98. The van der Waals surface area contributed by atoms with E-state index >= 15 is 0 Å². The highest BCUT2D eigenvalue weighted by Gasteiger charge is 2.07. The molecule has 0 aromatic carbocycles. The first-order valence-electron chi connectivity index (χ1n) is 10.6. The molecule has 6 nitrogen and oxygen atoms in total. The van der Waals surface area contributed by atoms with Crippen LogP contribution in [0, 0.1) is 0 Å². The van der Waals surface area contributed by atoms with E-state index < -0.39 is 0 Å². The molecule has 28 heavy (non-hydrogen) atoms. The van der Waals surface area contributed by atoms with Gasteiger partial charge in [0.25, 0.3) is 0 Å². The van der Waals surface area contributed by atoms with Crippen LogP contribution in [0.15, 0.2) is 27.8 Å². The molecule has 1 rings (SSSR count). The molecular formula is C21H41IN4O2. The van der Waals surface area contributed by atoms with Crippen molar-refractivity contribution in [2.75, 3.05) is 45.9 Å². The van der Waals surface area contributed by atoms with Crippen LogP contribution in [0.5, 0.6) is 0 Å². The van der Waals surface area contributed by atoms with Gasteiger partial charge in [-0.1, -0.05) is 13.8 Å². The summed E-state index contributed by atoms with van der Waals surface area (Å²) in [5.41, 5.74) is 0. The highest BCUT2D eigenvalue weighted by atomic mass is 127. The maximum atomic E-state index is 5.40. The number of furan rings is 1. The molecule has 1 atom stereocenters. The molecule has 0 aliphatic heterocycles. The average Bonchev–Trinajstić information content (AvgIpc) is 3.18. The van der Waals surface area contributed by atoms with Gasteiger partial charge in [-0.05, 0) is 64.9 Å². The SMILES string of the molecule is CCOCCCN=C(NCCc1ccco1)NC(C)CCCN(CC)CC.I. The van der Waals surface area contributed by atoms with Crippen molar-refractivity contribution in [2.45, 2.75) is 59.4 Å². The predicted octanol–water partition coefficient (Wildman–Crippen LogP) is 3.91. The number of nitrogens with one attached hydrogen (secondary N) is 2. The van der Waals surface area contributed by atoms with Gasteiger partial charge >= 0.3 is 0 Å². The standard InChI is InChI=1S/C21H40N4O2.HI/c1-5-25(6-2)16-8-11-19(4)24-21(22-14-10-17-26-7-3)23-15-13-20-12-9-18-27-20;/h9,12,18-19H,5-8,10-11,13-17H2,1-4H3,(H2,22,23,24);1H. The van der Waals surface area contributed by atoms with Gasteiger partial charge in [-0.15, -0.1) is 24.0 Å². The summed E-state index contributed by atoms with van der Waals surface area (Å²) in [6, 6.07) is 4.32. The Hall–Kier alpha value is -0.800. The first-order valence-corrected chi connectivity index (χ1v) is 10.6. The lowest BCUT2D eigenvalue weighted by Crippen LogP contribution is -2.43. The quantitative estimate of drug-likeness (QED) is 0.163. The molecule has 1 heterocycles. The van der Waals surface area contributed by atoms with E-state index in [4.69, 9.17) is 14.1 Å². The molecule has 0 saturated heterocycles. The molecule has 0 radical (unpaired) electrons. The van der Waals surface area contributed by atoms with Crippen molar-refractivity contribution in [1.29, 1.82) is 0 Å². The lowest BCUT2D eigenvalue weighted by Gasteiger charge is -2.21. The van der Waals surface area contributed by atoms with Crippen LogP contribution in [-0.2, 0) is 11.2 Å². The lowest BCUT2D eigenvalue weighted by atomic mass is 10.2. The van der Waals surface area contributed by atoms with Crippen molar-refractivity contribution >= 4 is 29.9 Å². The van der Waals surface area contributed by atoms with E-state index in [0.29, 0.717) is 6.04 Å². The maximum absolute atomic E-state index is 5.40. The van der Waals surface area contributed by atoms with Crippen molar-refractivity contribution in [2.24, 2.45) is 4.99 Å². The fourth-order valence-electron chi connectivity index (χ4n) is 2.88. The van der Waals surface area contributed by atoms with E-state index in [0.717, 1.165) is 76.9 Å². The highest BCUT2D eigenvalue weighted by Crippen LogP contribution is 2.01. The van der Waals surface area contributed by atoms with Crippen LogP contribution in [0.1, 0.15) is 52.7 Å². The maximum Gasteiger partial charge on any atom is 0.191 e. The fraction of sp³-hybridized carbons (Fsp3) is 0.762. The van der Waals surface area contributed by atoms with Gasteiger partial charge in [-0.25, -0.2) is 0 Å². The van der Waals surface area contributed by atoms with E-state index in [2.05, 4.69) is 36.3 Å². The van der Waals surface area contributed by atoms with Crippen LogP contribution in [0.4, 0.5) is 0 Å². The number of hydrogen-bond acceptors (Lipinski definition) is 4. The molecule has 0 spiro atoms. The summed E-state index contributed by atoms with van der Waals surface area (Å²) >= 11 is 0. The van der Waals surface area contributed by atoms with Crippen molar-refractivity contribution in [3.63, 3.8) is 0 Å². The topological polar surface area (TPSA) is 62.0 Å². The molecule has 7 heteroatoms. The summed E-state index contributed by atoms with van der Waals surface area (Å²) in [4.78, 5) is 7.17. The first kappa shape index (κ1) is 27.2. The number of guanidine groups is 1. The number of nitrogens with zero attached hydrogens (tertiary/aromatic N) is 2. The zero-order valence-electron chi connectivity index (χ0n) is 18.2. The molecular weight excluding hydrogens is 467 g/mol. The first-order chi connectivity index (χ1) is 13.2. The second kappa shape index (κ2) is 18.2. The van der Waals surface area contributed by atoms with Crippen molar-refractivity contribution in [3.8, 4) is 0 Å². The molecule has 0 fully saturated rings. The molecule has 1 unspecified atom stereocenters. The number of ether oxygens (including phenoxy) is 1. The van der Waals surface area contributed by atoms with Crippen LogP contribution in [0.25, 0.3) is 0 Å². The van der Waals surface area contributed by atoms with Crippen LogP contribution < -0.4 is 10.6 Å². The Balaban J connectivity index is 0.00000729. The molecule has 1 aromatic heterocycles. The smallest absolute Gasteiger partial charge is 0.191 e. The molecule has 0 aliphatic carbocycles. The average molecular weight is 508 g/mol. The minimum atomic E-state index is 0. The minimum absolute atomic E-state index is 0. The number of rotatable bonds is 15. The van der Waals surface area contributed by atoms with Gasteiger partial charge in [0.1, 0.15) is 5.76 Å². The van der Waals surface area contributed by atoms with Crippen LogP contribution >= 0.6 is 24.0 Å². The van der Waals surface area contributed by atoms with Crippen LogP contribution in [0.3, 0.4) is 0 Å². The zero-order chi connectivity index (χ0) is 19.7. The number of halogens is 1. The summed E-state index contributed by atoms with van der Waals surface area (Å²) in [7, 11) is 0. The molecule has 0 bridgehead atoms. The van der Waals surface area contributed by atoms with E-state index in [9.17, 15) is 0 Å². The van der Waals surface area contributed by atoms with Gasteiger partial charge in [0.2, 0.25) is 0 Å². The summed E-state index contributed by atoms with van der Waals surface area (Å²) in [6.45, 7) is 15.2. The van der Waals surface area contributed by atoms with Crippen LogP contribution in [-0.4, -0.2) is 62.8 Å². The van der Waals surface area contributed by atoms with Gasteiger partial charge in [0.15, 0.2) is 5.96 Å². The van der Waals surface area contributed by atoms with Crippen molar-refractivity contribution in [1.82, 2.24) is 15.5 Å². The van der Waals surface area contributed by atoms with E-state index in [1.54, 1.807) is 6.26 Å². The van der Waals surface area contributed by atoms with Crippen molar-refractivity contribution < 1.29 is 9.15 Å². The summed E-state index contributed by atoms with van der Waals surface area (Å²) in [5.74, 6) is 1.87. The monoisotopic (exact) mass is 508 g/mol. The Kier molecular flexibility index (Phi) is 17.7. The number of aliphatic imine (C=N–C) groups is 1. The summed E-state index contributed by atoms with van der Waals surface area (Å²) in [6.07, 6.45) is 5.83. The third kappa shape index (κ3) is 13.4. The third-order valence-electron chi connectivity index (χ3n) is 4.55. The second-order valence-corrected chi connectivity index (χ2v) is 6.75. The fourth-order valence-corrected chi connectivity index (χ4v) is 2.88. The van der Waals surface area contributed by atoms with Crippen LogP contribution in [0.2, 0.25) is 0 Å². The van der Waals surface area contributed by atoms with E-state index in [1.165, 1.54) is 6.42 Å². The largest absolute Gasteiger partial charge is 0.469 e. The lowest BCUT2D eigenvalue weighted by molar-refractivity contribution is 0.146. The van der Waals surface area contributed by atoms with Gasteiger partial charge in [-0.3, -0.25) is 4.99 Å². The van der Waals surface area contributed by atoms with Gasteiger partial charge in [-0.2, -0.15) is 0 Å². The normalized spacial score (nSPS) is 12.7. The van der Waals surface area contributed by atoms with Crippen molar-refractivity contribution in [3.05, 3.63) is 24.2 Å². The highest BCUT2D eigenvalue weighted by molar-refractivity contribution is 14.0. The Morgan fingerprint density at radius 3 is 2.68 bits per heavy atom. The molecule has 0 saturated carbocycles.